The van der Waals surface area contributed by atoms with E-state index in [0.717, 1.165) is 17.8 Å². The van der Waals surface area contributed by atoms with Crippen LogP contribution >= 0.6 is 0 Å². The Morgan fingerprint density at radius 1 is 1.14 bits per heavy atom. The van der Waals surface area contributed by atoms with Gasteiger partial charge in [-0.05, 0) is 18.2 Å². The molecule has 1 amide bonds. The van der Waals surface area contributed by atoms with Crippen LogP contribution in [-0.2, 0) is 9.47 Å². The molecule has 0 atom stereocenters. The van der Waals surface area contributed by atoms with E-state index in [1.807, 2.05) is 12.1 Å². The first kappa shape index (κ1) is 19.3. The lowest BCUT2D eigenvalue weighted by Crippen LogP contribution is -2.36. The third kappa shape index (κ3) is 4.26. The second-order valence-corrected chi connectivity index (χ2v) is 6.09. The molecule has 2 aromatic rings. The molecule has 0 aliphatic carbocycles. The minimum absolute atomic E-state index is 0.00798. The SMILES string of the molecule is COC(=O)c1cc(C(=O)Nc2ccccc2N2CCOCC2)cc([N+](=O)[O-])c1. The Morgan fingerprint density at radius 3 is 2.50 bits per heavy atom. The van der Waals surface area contributed by atoms with Crippen molar-refractivity contribution in [3.8, 4) is 0 Å². The molecule has 0 spiro atoms. The molecule has 3 rings (SSSR count). The van der Waals surface area contributed by atoms with Gasteiger partial charge in [-0.15, -0.1) is 0 Å². The summed E-state index contributed by atoms with van der Waals surface area (Å²) >= 11 is 0. The molecular formula is C19H19N3O6. The van der Waals surface area contributed by atoms with Gasteiger partial charge in [0.05, 0.1) is 42.2 Å². The first-order valence-electron chi connectivity index (χ1n) is 8.60. The highest BCUT2D eigenvalue weighted by Crippen LogP contribution is 2.27. The number of methoxy groups -OCH3 is 1. The number of ether oxygens (including phenoxy) is 2. The molecule has 0 bridgehead atoms. The van der Waals surface area contributed by atoms with Crippen molar-refractivity contribution in [2.45, 2.75) is 0 Å². The minimum Gasteiger partial charge on any atom is -0.465 e. The molecule has 1 aliphatic rings. The molecule has 9 heteroatoms. The van der Waals surface area contributed by atoms with Crippen molar-refractivity contribution >= 4 is 28.9 Å². The third-order valence-corrected chi connectivity index (χ3v) is 4.32. The molecule has 1 saturated heterocycles. The van der Waals surface area contributed by atoms with Crippen LogP contribution in [0.2, 0.25) is 0 Å². The Morgan fingerprint density at radius 2 is 1.82 bits per heavy atom. The number of nitro benzene ring substituents is 1. The van der Waals surface area contributed by atoms with Gasteiger partial charge in [-0.3, -0.25) is 14.9 Å². The number of nitrogens with one attached hydrogen (secondary N) is 1. The standard InChI is InChI=1S/C19H19N3O6/c1-27-19(24)14-10-13(11-15(12-14)22(25)26)18(23)20-16-4-2-3-5-17(16)21-6-8-28-9-7-21/h2-5,10-12H,6-9H2,1H3,(H,20,23). The van der Waals surface area contributed by atoms with Crippen LogP contribution in [0.5, 0.6) is 0 Å². The van der Waals surface area contributed by atoms with Gasteiger partial charge < -0.3 is 19.7 Å². The van der Waals surface area contributed by atoms with Crippen molar-refractivity contribution < 1.29 is 24.0 Å². The fourth-order valence-corrected chi connectivity index (χ4v) is 2.94. The van der Waals surface area contributed by atoms with E-state index in [0.29, 0.717) is 32.0 Å². The van der Waals surface area contributed by atoms with Crippen molar-refractivity contribution in [3.63, 3.8) is 0 Å². The van der Waals surface area contributed by atoms with Gasteiger partial charge in [0.25, 0.3) is 11.6 Å². The number of hydrogen-bond acceptors (Lipinski definition) is 7. The van der Waals surface area contributed by atoms with Gasteiger partial charge >= 0.3 is 5.97 Å². The highest BCUT2D eigenvalue weighted by Gasteiger charge is 2.20. The predicted octanol–water partition coefficient (Wildman–Crippen LogP) is 2.47. The number of amides is 1. The van der Waals surface area contributed by atoms with Crippen LogP contribution in [0.15, 0.2) is 42.5 Å². The van der Waals surface area contributed by atoms with Crippen LogP contribution < -0.4 is 10.2 Å². The Kier molecular flexibility index (Phi) is 5.85. The summed E-state index contributed by atoms with van der Waals surface area (Å²) in [6, 6.07) is 10.8. The zero-order valence-corrected chi connectivity index (χ0v) is 15.2. The van der Waals surface area contributed by atoms with Crippen LogP contribution in [0.1, 0.15) is 20.7 Å². The van der Waals surface area contributed by atoms with Gasteiger partial charge in [0.1, 0.15) is 0 Å². The van der Waals surface area contributed by atoms with E-state index in [9.17, 15) is 19.7 Å². The summed E-state index contributed by atoms with van der Waals surface area (Å²) in [5.41, 5.74) is 0.961. The van der Waals surface area contributed by atoms with Gasteiger partial charge in [-0.1, -0.05) is 12.1 Å². The number of benzene rings is 2. The van der Waals surface area contributed by atoms with Gasteiger partial charge in [-0.25, -0.2) is 4.79 Å². The van der Waals surface area contributed by atoms with E-state index < -0.39 is 16.8 Å². The number of rotatable bonds is 5. The number of anilines is 2. The Hall–Kier alpha value is -3.46. The molecule has 1 aliphatic heterocycles. The summed E-state index contributed by atoms with van der Waals surface area (Å²) in [5.74, 6) is -1.32. The second-order valence-electron chi connectivity index (χ2n) is 6.09. The lowest BCUT2D eigenvalue weighted by Gasteiger charge is -2.30. The molecule has 146 valence electrons. The number of hydrogen-bond donors (Lipinski definition) is 1. The number of nitrogens with zero attached hydrogens (tertiary/aromatic N) is 2. The van der Waals surface area contributed by atoms with E-state index in [4.69, 9.17) is 4.74 Å². The Labute approximate surface area is 161 Å². The second kappa shape index (κ2) is 8.49. The van der Waals surface area contributed by atoms with Crippen molar-refractivity contribution in [1.82, 2.24) is 0 Å². The van der Waals surface area contributed by atoms with Crippen molar-refractivity contribution in [2.75, 3.05) is 43.6 Å². The maximum Gasteiger partial charge on any atom is 0.338 e. The third-order valence-electron chi connectivity index (χ3n) is 4.32. The molecular weight excluding hydrogens is 366 g/mol. The summed E-state index contributed by atoms with van der Waals surface area (Å²) in [6.45, 7) is 2.57. The normalized spacial score (nSPS) is 13.7. The molecule has 1 N–H and O–H groups in total. The zero-order valence-electron chi connectivity index (χ0n) is 15.2. The van der Waals surface area contributed by atoms with Crippen LogP contribution in [0.3, 0.4) is 0 Å². The molecule has 1 fully saturated rings. The molecule has 0 unspecified atom stereocenters. The van der Waals surface area contributed by atoms with Gasteiger partial charge in [-0.2, -0.15) is 0 Å². The largest absolute Gasteiger partial charge is 0.465 e. The monoisotopic (exact) mass is 385 g/mol. The molecule has 0 saturated carbocycles. The van der Waals surface area contributed by atoms with Crippen molar-refractivity contribution in [3.05, 3.63) is 63.7 Å². The Balaban J connectivity index is 1.90. The number of esters is 1. The van der Waals surface area contributed by atoms with E-state index >= 15 is 0 Å². The maximum absolute atomic E-state index is 12.8. The van der Waals surface area contributed by atoms with E-state index in [-0.39, 0.29) is 16.8 Å². The van der Waals surface area contributed by atoms with E-state index in [1.165, 1.54) is 13.2 Å². The number of para-hydroxylation sites is 2. The number of morpholine rings is 1. The fourth-order valence-electron chi connectivity index (χ4n) is 2.94. The van der Waals surface area contributed by atoms with Gasteiger partial charge in [0.15, 0.2) is 0 Å². The number of carbonyl (C=O) groups excluding carboxylic acids is 2. The van der Waals surface area contributed by atoms with Crippen LogP contribution in [0.25, 0.3) is 0 Å². The van der Waals surface area contributed by atoms with Crippen LogP contribution in [0.4, 0.5) is 17.1 Å². The smallest absolute Gasteiger partial charge is 0.338 e. The van der Waals surface area contributed by atoms with E-state index in [2.05, 4.69) is 15.0 Å². The topological polar surface area (TPSA) is 111 Å². The zero-order chi connectivity index (χ0) is 20.1. The minimum atomic E-state index is -0.758. The number of non-ortho nitro benzene ring substituents is 1. The molecule has 2 aromatic carbocycles. The molecule has 0 aromatic heterocycles. The molecule has 9 nitrogen and oxygen atoms in total. The van der Waals surface area contributed by atoms with Gasteiger partial charge in [0, 0.05) is 30.8 Å². The molecule has 0 radical (unpaired) electrons. The lowest BCUT2D eigenvalue weighted by molar-refractivity contribution is -0.384. The summed E-state index contributed by atoms with van der Waals surface area (Å²) in [4.78, 5) is 37.1. The highest BCUT2D eigenvalue weighted by molar-refractivity contribution is 6.07. The average Bonchev–Trinajstić information content (AvgIpc) is 2.73. The average molecular weight is 385 g/mol. The summed E-state index contributed by atoms with van der Waals surface area (Å²) in [7, 11) is 1.17. The van der Waals surface area contributed by atoms with Crippen molar-refractivity contribution in [2.24, 2.45) is 0 Å². The summed E-state index contributed by atoms with van der Waals surface area (Å²) in [5, 5.41) is 13.9. The quantitative estimate of drug-likeness (QED) is 0.478. The fraction of sp³-hybridized carbons (Fsp3) is 0.263. The summed E-state index contributed by atoms with van der Waals surface area (Å²) < 4.78 is 9.97. The molecule has 1 heterocycles. The number of carbonyl (C=O) groups is 2. The molecule has 28 heavy (non-hydrogen) atoms. The maximum atomic E-state index is 12.8. The lowest BCUT2D eigenvalue weighted by atomic mass is 10.1. The van der Waals surface area contributed by atoms with Gasteiger partial charge in [0.2, 0.25) is 0 Å². The highest BCUT2D eigenvalue weighted by atomic mass is 16.6. The van der Waals surface area contributed by atoms with E-state index in [1.54, 1.807) is 12.1 Å². The van der Waals surface area contributed by atoms with Crippen LogP contribution in [-0.4, -0.2) is 50.2 Å². The number of nitro groups is 1. The Bertz CT molecular complexity index is 908. The van der Waals surface area contributed by atoms with Crippen LogP contribution in [0, 0.1) is 10.1 Å². The first-order valence-corrected chi connectivity index (χ1v) is 8.60. The summed E-state index contributed by atoms with van der Waals surface area (Å²) in [6.07, 6.45) is 0. The van der Waals surface area contributed by atoms with Crippen molar-refractivity contribution in [1.29, 1.82) is 0 Å². The predicted molar refractivity (Wildman–Crippen MR) is 102 cm³/mol. The first-order chi connectivity index (χ1) is 13.5.